The third kappa shape index (κ3) is 16.2. The van der Waals surface area contributed by atoms with Gasteiger partial charge in [-0.25, -0.2) is 13.8 Å². The van der Waals surface area contributed by atoms with Crippen molar-refractivity contribution in [3.8, 4) is 0 Å². The molecule has 0 amide bonds. The number of allylic oxidation sites excluding steroid dienone is 2. The zero-order valence-corrected chi connectivity index (χ0v) is 31.3. The van der Waals surface area contributed by atoms with Crippen LogP contribution in [0.15, 0.2) is 59.5 Å². The molecule has 2 heterocycles. The summed E-state index contributed by atoms with van der Waals surface area (Å²) in [6, 6.07) is 8.19. The van der Waals surface area contributed by atoms with Crippen molar-refractivity contribution < 1.29 is 18.4 Å². The maximum atomic E-state index is 12.0. The fourth-order valence-corrected chi connectivity index (χ4v) is 5.63. The van der Waals surface area contributed by atoms with E-state index in [1.807, 2.05) is 19.4 Å². The summed E-state index contributed by atoms with van der Waals surface area (Å²) in [4.78, 5) is 32.3. The summed E-state index contributed by atoms with van der Waals surface area (Å²) in [7, 11) is 1.91. The lowest BCUT2D eigenvalue weighted by atomic mass is 9.97. The number of hydrogen-bond donors (Lipinski definition) is 2. The number of aliphatic imine (C=N–C) groups is 1. The molecule has 8 nitrogen and oxygen atoms in total. The van der Waals surface area contributed by atoms with E-state index in [-0.39, 0.29) is 18.1 Å². The Morgan fingerprint density at radius 1 is 1.06 bits per heavy atom. The van der Waals surface area contributed by atoms with E-state index in [1.165, 1.54) is 68.5 Å². The van der Waals surface area contributed by atoms with Gasteiger partial charge < -0.3 is 15.5 Å². The average molecular weight is 673 g/mol. The van der Waals surface area contributed by atoms with Crippen molar-refractivity contribution in [2.24, 2.45) is 4.99 Å². The zero-order valence-electron chi connectivity index (χ0n) is 31.3. The summed E-state index contributed by atoms with van der Waals surface area (Å²) >= 11 is 0. The summed E-state index contributed by atoms with van der Waals surface area (Å²) < 4.78 is 24.0. The highest BCUT2D eigenvalue weighted by atomic mass is 19.3. The van der Waals surface area contributed by atoms with Crippen molar-refractivity contribution in [3.63, 3.8) is 0 Å². The second-order valence-corrected chi connectivity index (χ2v) is 13.0. The van der Waals surface area contributed by atoms with Gasteiger partial charge in [0.15, 0.2) is 11.6 Å². The number of nitrogens with zero attached hydrogens (tertiary/aromatic N) is 4. The highest BCUT2D eigenvalue weighted by Crippen LogP contribution is 2.26. The Bertz CT molecular complexity index is 1250. The second-order valence-electron chi connectivity index (χ2n) is 13.0. The molecule has 0 aliphatic carbocycles. The van der Waals surface area contributed by atoms with Gasteiger partial charge in [-0.2, -0.15) is 0 Å². The van der Waals surface area contributed by atoms with Crippen molar-refractivity contribution in [3.05, 3.63) is 71.2 Å². The second kappa shape index (κ2) is 21.6. The molecule has 2 fully saturated rings. The molecule has 2 saturated heterocycles. The van der Waals surface area contributed by atoms with Crippen LogP contribution in [0, 0.1) is 13.8 Å². The largest absolute Gasteiger partial charge is 0.393 e. The molecular weight excluding hydrogens is 610 g/mol. The molecule has 2 N–H and O–H groups in total. The van der Waals surface area contributed by atoms with Gasteiger partial charge in [-0.15, -0.1) is 0 Å². The summed E-state index contributed by atoms with van der Waals surface area (Å²) in [5.41, 5.74) is 6.08. The lowest BCUT2D eigenvalue weighted by molar-refractivity contribution is -0.134. The average Bonchev–Trinajstić information content (AvgIpc) is 3.03. The Hall–Kier alpha value is -3.37. The first-order chi connectivity index (χ1) is 22.5. The van der Waals surface area contributed by atoms with E-state index in [9.17, 15) is 18.4 Å². The molecule has 48 heavy (non-hydrogen) atoms. The van der Waals surface area contributed by atoms with Gasteiger partial charge >= 0.3 is 0 Å². The number of nitrogens with one attached hydrogen (secondary N) is 2. The van der Waals surface area contributed by atoms with Crippen LogP contribution in [0.3, 0.4) is 0 Å². The summed E-state index contributed by atoms with van der Waals surface area (Å²) in [5, 5.41) is 5.48. The number of benzene rings is 1. The van der Waals surface area contributed by atoms with E-state index in [0.29, 0.717) is 17.8 Å². The molecule has 2 aliphatic rings. The van der Waals surface area contributed by atoms with Gasteiger partial charge in [0, 0.05) is 84.2 Å². The number of rotatable bonds is 11. The molecule has 1 aromatic carbocycles. The maximum absolute atomic E-state index is 12.0. The first-order valence-corrected chi connectivity index (χ1v) is 17.1. The van der Waals surface area contributed by atoms with Crippen molar-refractivity contribution in [2.75, 3.05) is 46.3 Å². The minimum atomic E-state index is -2.64. The molecule has 0 spiro atoms. The lowest BCUT2D eigenvalue weighted by Gasteiger charge is -2.48. The fourth-order valence-electron chi connectivity index (χ4n) is 5.63. The Kier molecular flexibility index (Phi) is 19.2. The van der Waals surface area contributed by atoms with E-state index < -0.39 is 5.92 Å². The van der Waals surface area contributed by atoms with Crippen molar-refractivity contribution in [1.82, 2.24) is 25.3 Å². The summed E-state index contributed by atoms with van der Waals surface area (Å²) in [5.74, 6) is -2.28. The topological polar surface area (TPSA) is 80.3 Å². The highest BCUT2D eigenvalue weighted by molar-refractivity contribution is 6.35. The standard InChI is InChI=1S/C28H45N5.C6H11F2N.C4H6O2/c1-7-23(4)28(30-14-13-29-6)32-17-18-33(26(8-2)21-32)27-11-15-31(16-12-27)20-25-10-9-22(3)19-24(25)5;1-5(2)9-4-6(3,7)8;1-3(5)4(2)6/h7,9-10,13-14,19,26-27,29H,8,11-12,15-18,20-21H2,1-6H3;9H,1,4H2,2-3H3;1-2H3/b14-13+,23-7-,30-28+;;. The molecule has 270 valence electrons. The molecule has 0 aromatic heterocycles. The van der Waals surface area contributed by atoms with Crippen LogP contribution in [0.1, 0.15) is 84.4 Å². The van der Waals surface area contributed by atoms with Crippen LogP contribution >= 0.6 is 0 Å². The lowest BCUT2D eigenvalue weighted by Crippen LogP contribution is -2.59. The van der Waals surface area contributed by atoms with Crippen LogP contribution in [-0.4, -0.2) is 96.4 Å². The number of alkyl halides is 2. The molecule has 10 heteroatoms. The number of Topliss-reactive ketones (excluding diaryl/α,β-unsaturated/α-hetero) is 2. The molecule has 3 rings (SSSR count). The van der Waals surface area contributed by atoms with Gasteiger partial charge in [0.1, 0.15) is 5.84 Å². The highest BCUT2D eigenvalue weighted by Gasteiger charge is 2.34. The van der Waals surface area contributed by atoms with E-state index in [1.54, 1.807) is 6.92 Å². The molecule has 0 saturated carbocycles. The number of halogens is 2. The molecule has 1 aromatic rings. The van der Waals surface area contributed by atoms with Crippen LogP contribution < -0.4 is 10.6 Å². The molecule has 1 atom stereocenters. The van der Waals surface area contributed by atoms with Crippen LogP contribution in [0.5, 0.6) is 0 Å². The number of carbonyl (C=O) groups excluding carboxylic acids is 2. The number of carbonyl (C=O) groups is 2. The summed E-state index contributed by atoms with van der Waals surface area (Å²) in [6.45, 7) is 25.9. The smallest absolute Gasteiger partial charge is 0.262 e. The Morgan fingerprint density at radius 2 is 1.69 bits per heavy atom. The minimum absolute atomic E-state index is 0.331. The zero-order chi connectivity index (χ0) is 36.4. The van der Waals surface area contributed by atoms with Crippen LogP contribution in [0.25, 0.3) is 0 Å². The van der Waals surface area contributed by atoms with Gasteiger partial charge in [0.2, 0.25) is 0 Å². The van der Waals surface area contributed by atoms with E-state index in [2.05, 4.69) is 90.8 Å². The third-order valence-corrected chi connectivity index (χ3v) is 8.64. The summed E-state index contributed by atoms with van der Waals surface area (Å²) in [6.07, 6.45) is 9.69. The number of aryl methyl sites for hydroxylation is 2. The van der Waals surface area contributed by atoms with Crippen molar-refractivity contribution in [2.45, 2.75) is 106 Å². The fraction of sp³-hybridized carbons (Fsp3) is 0.605. The van der Waals surface area contributed by atoms with Gasteiger partial charge in [-0.3, -0.25) is 19.4 Å². The molecule has 2 aliphatic heterocycles. The first kappa shape index (κ1) is 42.7. The van der Waals surface area contributed by atoms with Crippen LogP contribution in [0.2, 0.25) is 0 Å². The number of hydrogen-bond acceptors (Lipinski definition) is 7. The number of piperidine rings is 1. The molecule has 1 unspecified atom stereocenters. The predicted octanol–water partition coefficient (Wildman–Crippen LogP) is 6.65. The van der Waals surface area contributed by atoms with E-state index in [0.717, 1.165) is 38.9 Å². The van der Waals surface area contributed by atoms with E-state index in [4.69, 9.17) is 4.99 Å². The predicted molar refractivity (Wildman–Crippen MR) is 196 cm³/mol. The Labute approximate surface area is 289 Å². The van der Waals surface area contributed by atoms with Gasteiger partial charge in [-0.05, 0) is 83.7 Å². The van der Waals surface area contributed by atoms with Gasteiger partial charge in [0.25, 0.3) is 5.92 Å². The third-order valence-electron chi connectivity index (χ3n) is 8.64. The molecule has 0 bridgehead atoms. The number of piperazine rings is 1. The van der Waals surface area contributed by atoms with Gasteiger partial charge in [-0.1, -0.05) is 43.3 Å². The number of ketones is 2. The van der Waals surface area contributed by atoms with Crippen LogP contribution in [0.4, 0.5) is 8.78 Å². The quantitative estimate of drug-likeness (QED) is 0.155. The van der Waals surface area contributed by atoms with Crippen LogP contribution in [-0.2, 0) is 16.1 Å². The van der Waals surface area contributed by atoms with Crippen molar-refractivity contribution in [1.29, 1.82) is 0 Å². The molecular formula is C38H62F2N6O2. The van der Waals surface area contributed by atoms with Crippen molar-refractivity contribution >= 4 is 17.4 Å². The number of amidine groups is 1. The van der Waals surface area contributed by atoms with E-state index >= 15 is 0 Å². The number of likely N-dealkylation sites (tertiary alicyclic amines) is 1. The monoisotopic (exact) mass is 672 g/mol. The first-order valence-electron chi connectivity index (χ1n) is 17.1. The SMILES string of the molecule is C=C(C)NCC(C)(F)F.CC(=O)C(C)=O.C\C=C(C)/C(=N\C=C\NC)N1CCN(C2CCN(Cc3ccc(C)cc3C)CC2)C(CC)C1. The molecule has 0 radical (unpaired) electrons. The Balaban J connectivity index is 0.000000638. The Morgan fingerprint density at radius 3 is 2.15 bits per heavy atom. The minimum Gasteiger partial charge on any atom is -0.393 e. The normalized spacial score (nSPS) is 18.4. The van der Waals surface area contributed by atoms with Gasteiger partial charge in [0.05, 0.1) is 6.54 Å². The maximum Gasteiger partial charge on any atom is 0.262 e.